The third kappa shape index (κ3) is 3.86. The van der Waals surface area contributed by atoms with Crippen molar-refractivity contribution in [2.24, 2.45) is 0 Å². The molecule has 1 aliphatic heterocycles. The van der Waals surface area contributed by atoms with Crippen molar-refractivity contribution in [2.75, 3.05) is 5.32 Å². The van der Waals surface area contributed by atoms with Crippen LogP contribution >= 0.6 is 0 Å². The van der Waals surface area contributed by atoms with Crippen LogP contribution in [0.2, 0.25) is 0 Å². The number of aromatic nitrogens is 5. The van der Waals surface area contributed by atoms with Crippen molar-refractivity contribution in [1.82, 2.24) is 24.5 Å². The Balaban J connectivity index is 1.32. The Morgan fingerprint density at radius 2 is 1.72 bits per heavy atom. The first kappa shape index (κ1) is 22.5. The maximum absolute atomic E-state index is 14.8. The third-order valence-corrected chi connectivity index (χ3v) is 6.87. The standard InChI is InChI=1S/C26H23F3N6O/c27-19-10-8-15(13-18(19)25-32-31-23-7-2-1-3-12-34(23)25)30-26(36)24-17-5-4-6-22(17)35(33-24)16-9-11-20(28)21(29)14-16/h8-11,13-14H,1-7,12H2,(H,30,36). The lowest BCUT2D eigenvalue weighted by Crippen LogP contribution is -2.15. The van der Waals surface area contributed by atoms with E-state index in [1.54, 1.807) is 6.07 Å². The molecule has 2 aromatic carbocycles. The molecule has 0 saturated carbocycles. The highest BCUT2D eigenvalue weighted by Gasteiger charge is 2.28. The van der Waals surface area contributed by atoms with Crippen molar-refractivity contribution in [3.05, 3.63) is 76.6 Å². The Hall–Kier alpha value is -3.95. The van der Waals surface area contributed by atoms with Crippen LogP contribution in [0.25, 0.3) is 17.1 Å². The number of halogens is 3. The van der Waals surface area contributed by atoms with Crippen LogP contribution in [0.3, 0.4) is 0 Å². The summed E-state index contributed by atoms with van der Waals surface area (Å²) >= 11 is 0. The van der Waals surface area contributed by atoms with Crippen molar-refractivity contribution in [3.63, 3.8) is 0 Å². The van der Waals surface area contributed by atoms with E-state index < -0.39 is 23.4 Å². The van der Waals surface area contributed by atoms with Crippen molar-refractivity contribution in [1.29, 1.82) is 0 Å². The van der Waals surface area contributed by atoms with Gasteiger partial charge in [-0.3, -0.25) is 4.79 Å². The summed E-state index contributed by atoms with van der Waals surface area (Å²) in [6, 6.07) is 7.88. The number of carbonyl (C=O) groups excluding carboxylic acids is 1. The zero-order valence-electron chi connectivity index (χ0n) is 19.4. The fourth-order valence-corrected chi connectivity index (χ4v) is 5.10. The molecule has 7 nitrogen and oxygen atoms in total. The molecule has 0 spiro atoms. The Bertz CT molecular complexity index is 1490. The SMILES string of the molecule is O=C(Nc1ccc(F)c(-c2nnc3n2CCCCC3)c1)c1nn(-c2ccc(F)c(F)c2)c2c1CCC2. The fourth-order valence-electron chi connectivity index (χ4n) is 5.10. The summed E-state index contributed by atoms with van der Waals surface area (Å²) < 4.78 is 45.6. The van der Waals surface area contributed by atoms with Crippen LogP contribution in [-0.4, -0.2) is 30.5 Å². The average Bonchev–Trinajstić information content (AvgIpc) is 3.54. The molecule has 1 aliphatic carbocycles. The van der Waals surface area contributed by atoms with Gasteiger partial charge in [-0.05, 0) is 62.4 Å². The highest BCUT2D eigenvalue weighted by molar-refractivity contribution is 6.04. The smallest absolute Gasteiger partial charge is 0.276 e. The minimum Gasteiger partial charge on any atom is -0.321 e. The Morgan fingerprint density at radius 1 is 0.861 bits per heavy atom. The number of aryl methyl sites for hydroxylation is 1. The van der Waals surface area contributed by atoms with E-state index in [0.717, 1.165) is 67.9 Å². The van der Waals surface area contributed by atoms with Gasteiger partial charge >= 0.3 is 0 Å². The van der Waals surface area contributed by atoms with Gasteiger partial charge < -0.3 is 9.88 Å². The van der Waals surface area contributed by atoms with Crippen LogP contribution in [0, 0.1) is 17.5 Å². The lowest BCUT2D eigenvalue weighted by Gasteiger charge is -2.10. The van der Waals surface area contributed by atoms with Gasteiger partial charge in [0.1, 0.15) is 11.6 Å². The van der Waals surface area contributed by atoms with Crippen molar-refractivity contribution in [2.45, 2.75) is 51.5 Å². The van der Waals surface area contributed by atoms with E-state index in [1.807, 2.05) is 4.57 Å². The maximum Gasteiger partial charge on any atom is 0.276 e. The van der Waals surface area contributed by atoms with Crippen LogP contribution in [0.15, 0.2) is 36.4 Å². The maximum atomic E-state index is 14.8. The van der Waals surface area contributed by atoms with Crippen molar-refractivity contribution in [3.8, 4) is 17.1 Å². The molecule has 1 N–H and O–H groups in total. The van der Waals surface area contributed by atoms with Crippen LogP contribution in [0.5, 0.6) is 0 Å². The second-order valence-corrected chi connectivity index (χ2v) is 9.19. The number of benzene rings is 2. The molecule has 0 radical (unpaired) electrons. The van der Waals surface area contributed by atoms with Gasteiger partial charge in [0, 0.05) is 36.0 Å². The molecule has 0 saturated heterocycles. The van der Waals surface area contributed by atoms with Gasteiger partial charge in [0.15, 0.2) is 23.2 Å². The molecule has 184 valence electrons. The number of amides is 1. The molecule has 3 heterocycles. The molecule has 10 heteroatoms. The summed E-state index contributed by atoms with van der Waals surface area (Å²) in [4.78, 5) is 13.3. The average molecular weight is 493 g/mol. The normalized spacial score (nSPS) is 14.9. The Morgan fingerprint density at radius 3 is 2.58 bits per heavy atom. The molecule has 4 aromatic rings. The van der Waals surface area contributed by atoms with Gasteiger partial charge in [0.2, 0.25) is 0 Å². The molecule has 2 aromatic heterocycles. The largest absolute Gasteiger partial charge is 0.321 e. The highest BCUT2D eigenvalue weighted by atomic mass is 19.2. The number of nitrogens with one attached hydrogen (secondary N) is 1. The summed E-state index contributed by atoms with van der Waals surface area (Å²) in [6.45, 7) is 0.723. The van der Waals surface area contributed by atoms with E-state index in [9.17, 15) is 18.0 Å². The fraction of sp³-hybridized carbons (Fsp3) is 0.308. The first-order valence-electron chi connectivity index (χ1n) is 12.1. The first-order valence-corrected chi connectivity index (χ1v) is 12.1. The number of hydrogen-bond donors (Lipinski definition) is 1. The summed E-state index contributed by atoms with van der Waals surface area (Å²) in [5.74, 6) is -1.54. The summed E-state index contributed by atoms with van der Waals surface area (Å²) in [5, 5.41) is 15.7. The topological polar surface area (TPSA) is 77.6 Å². The van der Waals surface area contributed by atoms with E-state index >= 15 is 0 Å². The molecule has 36 heavy (non-hydrogen) atoms. The molecular weight excluding hydrogens is 469 g/mol. The molecule has 0 unspecified atom stereocenters. The lowest BCUT2D eigenvalue weighted by atomic mass is 10.1. The summed E-state index contributed by atoms with van der Waals surface area (Å²) in [5.41, 5.74) is 2.82. The number of carbonyl (C=O) groups is 1. The highest BCUT2D eigenvalue weighted by Crippen LogP contribution is 2.30. The van der Waals surface area contributed by atoms with Crippen molar-refractivity contribution < 1.29 is 18.0 Å². The Labute approximate surface area is 205 Å². The lowest BCUT2D eigenvalue weighted by molar-refractivity contribution is 0.102. The summed E-state index contributed by atoms with van der Waals surface area (Å²) in [7, 11) is 0. The van der Waals surface area contributed by atoms with Crippen LogP contribution in [-0.2, 0) is 25.8 Å². The van der Waals surface area contributed by atoms with E-state index in [0.29, 0.717) is 30.0 Å². The molecule has 0 bridgehead atoms. The van der Waals surface area contributed by atoms with Gasteiger partial charge in [0.25, 0.3) is 5.91 Å². The number of anilines is 1. The van der Waals surface area contributed by atoms with Gasteiger partial charge in [-0.25, -0.2) is 17.9 Å². The monoisotopic (exact) mass is 492 g/mol. The number of rotatable bonds is 4. The van der Waals surface area contributed by atoms with E-state index in [4.69, 9.17) is 0 Å². The quantitative estimate of drug-likeness (QED) is 0.434. The molecule has 6 rings (SSSR count). The van der Waals surface area contributed by atoms with E-state index in [-0.39, 0.29) is 11.3 Å². The molecule has 1 amide bonds. The summed E-state index contributed by atoms with van der Waals surface area (Å²) in [6.07, 6.45) is 6.05. The van der Waals surface area contributed by atoms with Gasteiger partial charge in [-0.1, -0.05) is 6.42 Å². The van der Waals surface area contributed by atoms with Crippen LogP contribution < -0.4 is 5.32 Å². The minimum absolute atomic E-state index is 0.217. The number of fused-ring (bicyclic) bond motifs is 2. The zero-order valence-corrected chi connectivity index (χ0v) is 19.4. The predicted octanol–water partition coefficient (Wildman–Crippen LogP) is 5.02. The molecule has 0 atom stereocenters. The first-order chi connectivity index (χ1) is 17.5. The minimum atomic E-state index is -0.981. The zero-order chi connectivity index (χ0) is 24.8. The molecule has 2 aliphatic rings. The third-order valence-electron chi connectivity index (χ3n) is 6.87. The van der Waals surface area contributed by atoms with Gasteiger partial charge in [0.05, 0.1) is 11.3 Å². The second kappa shape index (κ2) is 8.92. The van der Waals surface area contributed by atoms with Crippen molar-refractivity contribution >= 4 is 11.6 Å². The van der Waals surface area contributed by atoms with Crippen LogP contribution in [0.4, 0.5) is 18.9 Å². The Kier molecular flexibility index (Phi) is 5.58. The van der Waals surface area contributed by atoms with Gasteiger partial charge in [-0.15, -0.1) is 10.2 Å². The second-order valence-electron chi connectivity index (χ2n) is 9.19. The molecular formula is C26H23F3N6O. The predicted molar refractivity (Wildman–Crippen MR) is 126 cm³/mol. The molecule has 0 fully saturated rings. The van der Waals surface area contributed by atoms with E-state index in [2.05, 4.69) is 20.6 Å². The number of nitrogens with zero attached hydrogens (tertiary/aromatic N) is 5. The van der Waals surface area contributed by atoms with Crippen LogP contribution in [0.1, 0.15) is 53.3 Å². The van der Waals surface area contributed by atoms with E-state index in [1.165, 1.54) is 22.9 Å². The van der Waals surface area contributed by atoms with Gasteiger partial charge in [-0.2, -0.15) is 5.10 Å². The number of hydrogen-bond acceptors (Lipinski definition) is 4.